The maximum Gasteiger partial charge on any atom is 0.302 e. The third-order valence-corrected chi connectivity index (χ3v) is 0.681. The Hall–Kier alpha value is -0.610. The van der Waals surface area contributed by atoms with Crippen molar-refractivity contribution < 1.29 is 19.7 Å². The first-order chi connectivity index (χ1) is 4.13. The van der Waals surface area contributed by atoms with Gasteiger partial charge in [-0.15, -0.1) is 0 Å². The summed E-state index contributed by atoms with van der Waals surface area (Å²) in [4.78, 5) is 10.0. The average Bonchev–Trinajstić information content (AvgIpc) is 1.63. The van der Waals surface area contributed by atoms with E-state index in [4.69, 9.17) is 10.2 Å². The van der Waals surface area contributed by atoms with Gasteiger partial charge >= 0.3 is 5.97 Å². The molecule has 0 aliphatic rings. The van der Waals surface area contributed by atoms with Crippen LogP contribution in [0.3, 0.4) is 0 Å². The van der Waals surface area contributed by atoms with Crippen LogP contribution in [0, 0.1) is 0 Å². The van der Waals surface area contributed by atoms with Gasteiger partial charge < -0.3 is 14.9 Å². The average molecular weight is 134 g/mol. The van der Waals surface area contributed by atoms with Gasteiger partial charge in [-0.25, -0.2) is 0 Å². The predicted octanol–water partition coefficient (Wildman–Crippen LogP) is -0.750. The highest BCUT2D eigenvalue weighted by Crippen LogP contribution is 1.86. The van der Waals surface area contributed by atoms with E-state index in [1.165, 1.54) is 6.92 Å². The second kappa shape index (κ2) is 4.29. The highest BCUT2D eigenvalue weighted by molar-refractivity contribution is 5.65. The van der Waals surface area contributed by atoms with Crippen molar-refractivity contribution in [2.45, 2.75) is 19.6 Å². The van der Waals surface area contributed by atoms with Gasteiger partial charge in [-0.3, -0.25) is 4.79 Å². The fourth-order valence-corrected chi connectivity index (χ4v) is 0.308. The highest BCUT2D eigenvalue weighted by Gasteiger charge is 1.97. The molecule has 9 heavy (non-hydrogen) atoms. The van der Waals surface area contributed by atoms with E-state index in [9.17, 15) is 4.79 Å². The molecule has 2 N–H and O–H groups in total. The van der Waals surface area contributed by atoms with Gasteiger partial charge in [0.25, 0.3) is 0 Å². The van der Waals surface area contributed by atoms with Crippen molar-refractivity contribution in [3.05, 3.63) is 0 Å². The van der Waals surface area contributed by atoms with Gasteiger partial charge in [-0.2, -0.15) is 0 Å². The van der Waals surface area contributed by atoms with Gasteiger partial charge in [-0.05, 0) is 0 Å². The van der Waals surface area contributed by atoms with E-state index in [1.807, 2.05) is 0 Å². The van der Waals surface area contributed by atoms with E-state index in [0.717, 1.165) is 0 Å². The number of esters is 1. The van der Waals surface area contributed by atoms with Crippen molar-refractivity contribution in [2.75, 3.05) is 6.61 Å². The molecule has 0 amide bonds. The molecule has 0 aliphatic heterocycles. The van der Waals surface area contributed by atoms with Crippen molar-refractivity contribution in [3.63, 3.8) is 0 Å². The molecule has 0 rings (SSSR count). The summed E-state index contributed by atoms with van der Waals surface area (Å²) in [6, 6.07) is 0. The minimum atomic E-state index is -1.38. The van der Waals surface area contributed by atoms with E-state index in [-0.39, 0.29) is 13.0 Å². The maximum absolute atomic E-state index is 10.0. The molecule has 0 aromatic carbocycles. The predicted molar refractivity (Wildman–Crippen MR) is 29.5 cm³/mol. The number of hydrogen-bond donors (Lipinski definition) is 2. The van der Waals surface area contributed by atoms with Crippen molar-refractivity contribution in [1.82, 2.24) is 0 Å². The smallest absolute Gasteiger partial charge is 0.302 e. The summed E-state index contributed by atoms with van der Waals surface area (Å²) in [5, 5.41) is 16.5. The van der Waals surface area contributed by atoms with E-state index in [0.29, 0.717) is 0 Å². The maximum atomic E-state index is 10.0. The summed E-state index contributed by atoms with van der Waals surface area (Å²) >= 11 is 0. The molecule has 0 unspecified atom stereocenters. The Morgan fingerprint density at radius 3 is 2.56 bits per heavy atom. The molecule has 0 spiro atoms. The van der Waals surface area contributed by atoms with Crippen molar-refractivity contribution in [1.29, 1.82) is 0 Å². The number of carbonyl (C=O) groups excluding carboxylic acids is 1. The van der Waals surface area contributed by atoms with Crippen LogP contribution in [0.2, 0.25) is 0 Å². The second-order valence-electron chi connectivity index (χ2n) is 1.61. The molecular weight excluding hydrogens is 124 g/mol. The summed E-state index contributed by atoms with van der Waals surface area (Å²) in [7, 11) is 0. The van der Waals surface area contributed by atoms with Gasteiger partial charge in [0.05, 0.1) is 6.61 Å². The van der Waals surface area contributed by atoms with E-state index in [2.05, 4.69) is 4.74 Å². The van der Waals surface area contributed by atoms with Crippen molar-refractivity contribution in [3.8, 4) is 0 Å². The van der Waals surface area contributed by atoms with Crippen LogP contribution in [0.4, 0.5) is 0 Å². The van der Waals surface area contributed by atoms with Crippen molar-refractivity contribution >= 4 is 5.97 Å². The summed E-state index contributed by atoms with van der Waals surface area (Å²) in [6.07, 6.45) is -1.32. The van der Waals surface area contributed by atoms with Crippen LogP contribution in [0.25, 0.3) is 0 Å². The lowest BCUT2D eigenvalue weighted by Crippen LogP contribution is -2.10. The summed E-state index contributed by atoms with van der Waals surface area (Å²) < 4.78 is 4.39. The van der Waals surface area contributed by atoms with Crippen LogP contribution in [-0.4, -0.2) is 29.1 Å². The lowest BCUT2D eigenvalue weighted by atomic mass is 10.4. The zero-order valence-corrected chi connectivity index (χ0v) is 5.20. The normalized spacial score (nSPS) is 9.78. The molecule has 0 aliphatic carbocycles. The van der Waals surface area contributed by atoms with Crippen LogP contribution in [0.15, 0.2) is 0 Å². The van der Waals surface area contributed by atoms with E-state index >= 15 is 0 Å². The van der Waals surface area contributed by atoms with Crippen LogP contribution in [0.5, 0.6) is 0 Å². The molecule has 4 heteroatoms. The molecule has 4 nitrogen and oxygen atoms in total. The van der Waals surface area contributed by atoms with E-state index in [1.54, 1.807) is 0 Å². The molecule has 0 atom stereocenters. The minimum Gasteiger partial charge on any atom is -0.466 e. The van der Waals surface area contributed by atoms with Crippen LogP contribution >= 0.6 is 0 Å². The van der Waals surface area contributed by atoms with Gasteiger partial charge in [0.2, 0.25) is 0 Å². The molecule has 0 fully saturated rings. The molecule has 0 radical (unpaired) electrons. The monoisotopic (exact) mass is 134 g/mol. The number of aliphatic hydroxyl groups is 2. The van der Waals surface area contributed by atoms with Crippen LogP contribution < -0.4 is 0 Å². The summed E-state index contributed by atoms with van der Waals surface area (Å²) in [6.45, 7) is 1.33. The Balaban J connectivity index is 3.01. The molecule has 0 saturated heterocycles. The quantitative estimate of drug-likeness (QED) is 0.393. The fourth-order valence-electron chi connectivity index (χ4n) is 0.308. The Morgan fingerprint density at radius 1 is 1.67 bits per heavy atom. The van der Waals surface area contributed by atoms with Gasteiger partial charge in [-0.1, -0.05) is 0 Å². The van der Waals surface area contributed by atoms with Crippen LogP contribution in [-0.2, 0) is 9.53 Å². The molecule has 0 saturated carbocycles. The lowest BCUT2D eigenvalue weighted by molar-refractivity contribution is -0.143. The number of aliphatic hydroxyl groups excluding tert-OH is 1. The highest BCUT2D eigenvalue weighted by atomic mass is 16.5. The Bertz CT molecular complexity index is 89.0. The first-order valence-corrected chi connectivity index (χ1v) is 2.62. The Kier molecular flexibility index (Phi) is 4.00. The molecule has 0 bridgehead atoms. The third-order valence-electron chi connectivity index (χ3n) is 0.681. The summed E-state index contributed by atoms with van der Waals surface area (Å²) in [5.74, 6) is -0.407. The number of ether oxygens (including phenoxy) is 1. The standard InChI is InChI=1S/C5H10O4/c1-4(6)9-3-2-5(7)8/h5,7-8H,2-3H2,1H3. The van der Waals surface area contributed by atoms with Gasteiger partial charge in [0.1, 0.15) is 0 Å². The zero-order valence-electron chi connectivity index (χ0n) is 5.20. The molecular formula is C5H10O4. The first-order valence-electron chi connectivity index (χ1n) is 2.62. The van der Waals surface area contributed by atoms with E-state index < -0.39 is 12.3 Å². The van der Waals surface area contributed by atoms with Crippen LogP contribution in [0.1, 0.15) is 13.3 Å². The molecule has 0 heterocycles. The lowest BCUT2D eigenvalue weighted by Gasteiger charge is -2.01. The van der Waals surface area contributed by atoms with Gasteiger partial charge in [0.15, 0.2) is 6.29 Å². The van der Waals surface area contributed by atoms with Gasteiger partial charge in [0, 0.05) is 13.3 Å². The number of carbonyl (C=O) groups is 1. The zero-order chi connectivity index (χ0) is 7.28. The van der Waals surface area contributed by atoms with Crippen molar-refractivity contribution in [2.24, 2.45) is 0 Å². The SMILES string of the molecule is CC(=O)OCCC(O)O. The Labute approximate surface area is 53.1 Å². The first kappa shape index (κ1) is 8.39. The topological polar surface area (TPSA) is 66.8 Å². The molecule has 0 aromatic rings. The molecule has 0 aromatic heterocycles. The number of hydrogen-bond acceptors (Lipinski definition) is 4. The summed E-state index contributed by atoms with van der Waals surface area (Å²) in [5.41, 5.74) is 0. The minimum absolute atomic E-state index is 0.0625. The Morgan fingerprint density at radius 2 is 2.22 bits per heavy atom. The number of rotatable bonds is 3. The fraction of sp³-hybridized carbons (Fsp3) is 0.800. The molecule has 54 valence electrons. The second-order valence-corrected chi connectivity index (χ2v) is 1.61. The third kappa shape index (κ3) is 7.39. The largest absolute Gasteiger partial charge is 0.466 e.